The third kappa shape index (κ3) is 3.19. The highest BCUT2D eigenvalue weighted by Crippen LogP contribution is 2.19. The Labute approximate surface area is 107 Å². The lowest BCUT2D eigenvalue weighted by atomic mass is 10.1. The van der Waals surface area contributed by atoms with Gasteiger partial charge in [-0.3, -0.25) is 10.1 Å². The van der Waals surface area contributed by atoms with E-state index in [4.69, 9.17) is 6.42 Å². The van der Waals surface area contributed by atoms with E-state index in [-0.39, 0.29) is 0 Å². The summed E-state index contributed by atoms with van der Waals surface area (Å²) in [5.41, 5.74) is 3.21. The number of H-pyrrole nitrogens is 1. The van der Waals surface area contributed by atoms with Gasteiger partial charge in [0.25, 0.3) is 0 Å². The van der Waals surface area contributed by atoms with Crippen LogP contribution < -0.4 is 5.32 Å². The molecule has 2 N–H and O–H groups in total. The molecule has 18 heavy (non-hydrogen) atoms. The number of rotatable bonds is 6. The zero-order valence-electron chi connectivity index (χ0n) is 10.2. The lowest BCUT2D eigenvalue weighted by Crippen LogP contribution is -2.14. The van der Waals surface area contributed by atoms with Crippen molar-refractivity contribution in [3.05, 3.63) is 36.3 Å². The van der Waals surface area contributed by atoms with Crippen molar-refractivity contribution in [1.82, 2.24) is 20.5 Å². The normalized spacial score (nSPS) is 10.2. The van der Waals surface area contributed by atoms with E-state index in [1.165, 1.54) is 0 Å². The van der Waals surface area contributed by atoms with Crippen LogP contribution in [-0.2, 0) is 6.54 Å². The van der Waals surface area contributed by atoms with Crippen LogP contribution in [0.4, 0.5) is 0 Å². The topological polar surface area (TPSA) is 53.6 Å². The molecule has 0 amide bonds. The van der Waals surface area contributed by atoms with Crippen LogP contribution in [0.25, 0.3) is 11.3 Å². The van der Waals surface area contributed by atoms with Gasteiger partial charge in [0.2, 0.25) is 0 Å². The Morgan fingerprint density at radius 2 is 2.33 bits per heavy atom. The first kappa shape index (κ1) is 12.3. The molecule has 0 saturated heterocycles. The van der Waals surface area contributed by atoms with Crippen LogP contribution in [0, 0.1) is 12.3 Å². The molecule has 0 bridgehead atoms. The minimum absolute atomic E-state index is 0.783. The van der Waals surface area contributed by atoms with Gasteiger partial charge in [-0.2, -0.15) is 5.10 Å². The predicted molar refractivity (Wildman–Crippen MR) is 71.6 cm³/mol. The van der Waals surface area contributed by atoms with Crippen molar-refractivity contribution in [2.75, 3.05) is 6.54 Å². The second-order valence-corrected chi connectivity index (χ2v) is 4.00. The fourth-order valence-electron chi connectivity index (χ4n) is 1.74. The molecule has 92 valence electrons. The summed E-state index contributed by atoms with van der Waals surface area (Å²) >= 11 is 0. The molecule has 2 aromatic rings. The molecule has 2 aromatic heterocycles. The molecule has 2 heterocycles. The SMILES string of the molecule is C#CCCCNCc1cn[nH]c1-c1cccnc1. The zero-order valence-corrected chi connectivity index (χ0v) is 10.2. The zero-order chi connectivity index (χ0) is 12.6. The number of nitrogens with one attached hydrogen (secondary N) is 2. The molecule has 0 saturated carbocycles. The van der Waals surface area contributed by atoms with Gasteiger partial charge in [-0.05, 0) is 25.1 Å². The maximum absolute atomic E-state index is 5.21. The quantitative estimate of drug-likeness (QED) is 0.599. The lowest BCUT2D eigenvalue weighted by molar-refractivity contribution is 0.660. The van der Waals surface area contributed by atoms with Gasteiger partial charge in [0.1, 0.15) is 0 Å². The van der Waals surface area contributed by atoms with E-state index in [2.05, 4.69) is 26.4 Å². The number of hydrogen-bond acceptors (Lipinski definition) is 3. The maximum Gasteiger partial charge on any atom is 0.0710 e. The molecule has 4 nitrogen and oxygen atoms in total. The molecule has 0 aliphatic carbocycles. The van der Waals surface area contributed by atoms with Crippen molar-refractivity contribution in [2.24, 2.45) is 0 Å². The molecule has 4 heteroatoms. The van der Waals surface area contributed by atoms with Gasteiger partial charge >= 0.3 is 0 Å². The van der Waals surface area contributed by atoms with Crippen LogP contribution >= 0.6 is 0 Å². The molecule has 2 rings (SSSR count). The average Bonchev–Trinajstić information content (AvgIpc) is 2.88. The van der Waals surface area contributed by atoms with Crippen LogP contribution in [0.1, 0.15) is 18.4 Å². The monoisotopic (exact) mass is 240 g/mol. The van der Waals surface area contributed by atoms with E-state index in [1.54, 1.807) is 6.20 Å². The van der Waals surface area contributed by atoms with Crippen molar-refractivity contribution in [1.29, 1.82) is 0 Å². The number of unbranched alkanes of at least 4 members (excludes halogenated alkanes) is 1. The number of terminal acetylenes is 1. The van der Waals surface area contributed by atoms with Gasteiger partial charge in [-0.15, -0.1) is 12.3 Å². The molecule has 0 spiro atoms. The standard InChI is InChI=1S/C14H16N4/c1-2-3-4-7-15-10-13-11-17-18-14(13)12-6-5-8-16-9-12/h1,5-6,8-9,11,15H,3-4,7,10H2,(H,17,18). The Morgan fingerprint density at radius 3 is 3.11 bits per heavy atom. The Bertz CT molecular complexity index is 510. The summed E-state index contributed by atoms with van der Waals surface area (Å²) in [4.78, 5) is 4.11. The smallest absolute Gasteiger partial charge is 0.0710 e. The van der Waals surface area contributed by atoms with Crippen molar-refractivity contribution < 1.29 is 0 Å². The van der Waals surface area contributed by atoms with E-state index < -0.39 is 0 Å². The lowest BCUT2D eigenvalue weighted by Gasteiger charge is -2.04. The average molecular weight is 240 g/mol. The fraction of sp³-hybridized carbons (Fsp3) is 0.286. The first-order valence-corrected chi connectivity index (χ1v) is 5.98. The predicted octanol–water partition coefficient (Wildman–Crippen LogP) is 1.97. The second-order valence-electron chi connectivity index (χ2n) is 4.00. The molecular weight excluding hydrogens is 224 g/mol. The summed E-state index contributed by atoms with van der Waals surface area (Å²) in [5, 5.41) is 10.5. The summed E-state index contributed by atoms with van der Waals surface area (Å²) in [7, 11) is 0. The van der Waals surface area contributed by atoms with Crippen molar-refractivity contribution in [3.63, 3.8) is 0 Å². The Kier molecular flexibility index (Phi) is 4.51. The minimum Gasteiger partial charge on any atom is -0.313 e. The first-order chi connectivity index (χ1) is 8.92. The number of aromatic amines is 1. The Hall–Kier alpha value is -2.12. The van der Waals surface area contributed by atoms with Gasteiger partial charge < -0.3 is 5.32 Å². The van der Waals surface area contributed by atoms with Crippen LogP contribution in [0.3, 0.4) is 0 Å². The van der Waals surface area contributed by atoms with Gasteiger partial charge in [0.15, 0.2) is 0 Å². The highest BCUT2D eigenvalue weighted by molar-refractivity contribution is 5.61. The van der Waals surface area contributed by atoms with Crippen LogP contribution in [0.15, 0.2) is 30.7 Å². The van der Waals surface area contributed by atoms with Crippen LogP contribution in [-0.4, -0.2) is 21.7 Å². The van der Waals surface area contributed by atoms with E-state index in [0.717, 1.165) is 42.8 Å². The summed E-state index contributed by atoms with van der Waals surface area (Å²) in [6, 6.07) is 3.93. The first-order valence-electron chi connectivity index (χ1n) is 5.98. The van der Waals surface area contributed by atoms with Crippen LogP contribution in [0.5, 0.6) is 0 Å². The summed E-state index contributed by atoms with van der Waals surface area (Å²) in [6.07, 6.45) is 12.4. The van der Waals surface area contributed by atoms with Crippen molar-refractivity contribution >= 4 is 0 Å². The number of aromatic nitrogens is 3. The maximum atomic E-state index is 5.21. The van der Waals surface area contributed by atoms with Gasteiger partial charge in [-0.25, -0.2) is 0 Å². The highest BCUT2D eigenvalue weighted by atomic mass is 15.1. The second kappa shape index (κ2) is 6.58. The fourth-order valence-corrected chi connectivity index (χ4v) is 1.74. The van der Waals surface area contributed by atoms with Crippen molar-refractivity contribution in [2.45, 2.75) is 19.4 Å². The molecular formula is C14H16N4. The van der Waals surface area contributed by atoms with E-state index in [1.807, 2.05) is 24.5 Å². The number of nitrogens with zero attached hydrogens (tertiary/aromatic N) is 2. The molecule has 0 aromatic carbocycles. The summed E-state index contributed by atoms with van der Waals surface area (Å²) < 4.78 is 0. The Morgan fingerprint density at radius 1 is 1.39 bits per heavy atom. The molecule has 0 aliphatic heterocycles. The van der Waals surface area contributed by atoms with Gasteiger partial charge in [0, 0.05) is 36.5 Å². The van der Waals surface area contributed by atoms with Gasteiger partial charge in [0.05, 0.1) is 11.9 Å². The molecule has 0 unspecified atom stereocenters. The Balaban J connectivity index is 1.95. The van der Waals surface area contributed by atoms with Crippen LogP contribution in [0.2, 0.25) is 0 Å². The van der Waals surface area contributed by atoms with E-state index >= 15 is 0 Å². The molecule has 0 atom stereocenters. The minimum atomic E-state index is 0.783. The highest BCUT2D eigenvalue weighted by Gasteiger charge is 2.06. The number of hydrogen-bond donors (Lipinski definition) is 2. The summed E-state index contributed by atoms with van der Waals surface area (Å²) in [5.74, 6) is 2.63. The van der Waals surface area contributed by atoms with E-state index in [9.17, 15) is 0 Å². The third-order valence-electron chi connectivity index (χ3n) is 2.66. The van der Waals surface area contributed by atoms with E-state index in [0.29, 0.717) is 0 Å². The number of pyridine rings is 1. The third-order valence-corrected chi connectivity index (χ3v) is 2.66. The van der Waals surface area contributed by atoms with Crippen molar-refractivity contribution in [3.8, 4) is 23.6 Å². The summed E-state index contributed by atoms with van der Waals surface area (Å²) in [6.45, 7) is 1.70. The molecule has 0 fully saturated rings. The van der Waals surface area contributed by atoms with Gasteiger partial charge in [-0.1, -0.05) is 0 Å². The molecule has 0 radical (unpaired) electrons. The molecule has 0 aliphatic rings. The largest absolute Gasteiger partial charge is 0.313 e.